The summed E-state index contributed by atoms with van der Waals surface area (Å²) in [5.41, 5.74) is 5.12. The van der Waals surface area contributed by atoms with Crippen molar-refractivity contribution in [3.8, 4) is 11.5 Å². The van der Waals surface area contributed by atoms with Gasteiger partial charge in [0.1, 0.15) is 13.2 Å². The van der Waals surface area contributed by atoms with E-state index in [0.29, 0.717) is 22.6 Å². The van der Waals surface area contributed by atoms with Gasteiger partial charge in [-0.25, -0.2) is 0 Å². The van der Waals surface area contributed by atoms with E-state index < -0.39 is 23.3 Å². The first-order valence-electron chi connectivity index (χ1n) is 10.7. The Morgan fingerprint density at radius 1 is 0.727 bits per heavy atom. The Labute approximate surface area is 200 Å². The van der Waals surface area contributed by atoms with Crippen molar-refractivity contribution in [2.24, 2.45) is 5.73 Å². The second-order valence-electron chi connectivity index (χ2n) is 8.47. The highest BCUT2D eigenvalue weighted by molar-refractivity contribution is 5.85. The van der Waals surface area contributed by atoms with Crippen LogP contribution >= 0.6 is 12.4 Å². The van der Waals surface area contributed by atoms with Gasteiger partial charge in [0.2, 0.25) is 0 Å². The van der Waals surface area contributed by atoms with Crippen LogP contribution in [-0.2, 0) is 0 Å². The average molecular weight is 472 g/mol. The fraction of sp³-hybridized carbons (Fsp3) is 0.308. The van der Waals surface area contributed by atoms with Crippen LogP contribution < -0.4 is 15.2 Å². The summed E-state index contributed by atoms with van der Waals surface area (Å²) in [6.07, 6.45) is -1.89. The van der Waals surface area contributed by atoms with E-state index in [1.807, 2.05) is 48.5 Å². The molecule has 0 bridgehead atoms. The number of fused-ring (bicyclic) bond motifs is 1. The predicted molar refractivity (Wildman–Crippen MR) is 129 cm³/mol. The molecular formula is C26H30ClNO5. The Kier molecular flexibility index (Phi) is 8.00. The van der Waals surface area contributed by atoms with Crippen LogP contribution in [0.5, 0.6) is 11.5 Å². The van der Waals surface area contributed by atoms with Crippen LogP contribution in [0, 0.1) is 0 Å². The molecule has 2 atom stereocenters. The van der Waals surface area contributed by atoms with Gasteiger partial charge in [-0.1, -0.05) is 72.8 Å². The maximum Gasteiger partial charge on any atom is 0.161 e. The molecule has 0 aliphatic carbocycles. The van der Waals surface area contributed by atoms with Crippen molar-refractivity contribution in [1.29, 1.82) is 0 Å². The van der Waals surface area contributed by atoms with Crippen LogP contribution in [0.15, 0.2) is 84.9 Å². The van der Waals surface area contributed by atoms with E-state index in [1.54, 1.807) is 36.4 Å². The molecule has 0 radical (unpaired) electrons. The molecule has 33 heavy (non-hydrogen) atoms. The molecule has 0 aromatic heterocycles. The number of aliphatic hydroxyl groups excluding tert-OH is 2. The second-order valence-corrected chi connectivity index (χ2v) is 8.47. The highest BCUT2D eigenvalue weighted by Gasteiger charge is 2.52. The first-order valence-corrected chi connectivity index (χ1v) is 10.7. The first-order chi connectivity index (χ1) is 15.4. The SMILES string of the molecule is Cl.NC(CC(O)c1ccccc1)(CC(O)c1ccccc1)C1(O)COc2ccccc2OC1. The van der Waals surface area contributed by atoms with E-state index in [1.165, 1.54) is 0 Å². The van der Waals surface area contributed by atoms with E-state index in [-0.39, 0.29) is 38.5 Å². The van der Waals surface area contributed by atoms with Gasteiger partial charge in [-0.3, -0.25) is 0 Å². The molecule has 0 saturated heterocycles. The third-order valence-electron chi connectivity index (χ3n) is 6.19. The minimum Gasteiger partial charge on any atom is -0.486 e. The lowest BCUT2D eigenvalue weighted by molar-refractivity contribution is -0.112. The number of benzene rings is 3. The largest absolute Gasteiger partial charge is 0.486 e. The monoisotopic (exact) mass is 471 g/mol. The maximum atomic E-state index is 11.7. The Bertz CT molecular complexity index is 943. The third-order valence-corrected chi connectivity index (χ3v) is 6.19. The smallest absolute Gasteiger partial charge is 0.161 e. The van der Waals surface area contributed by atoms with Gasteiger partial charge in [0, 0.05) is 0 Å². The molecule has 0 fully saturated rings. The number of aliphatic hydroxyl groups is 3. The summed E-state index contributed by atoms with van der Waals surface area (Å²) in [6, 6.07) is 25.4. The molecule has 4 rings (SSSR count). The molecule has 5 N–H and O–H groups in total. The summed E-state index contributed by atoms with van der Waals surface area (Å²) < 4.78 is 11.7. The van der Waals surface area contributed by atoms with Gasteiger partial charge in [-0.05, 0) is 36.1 Å². The minimum atomic E-state index is -1.67. The van der Waals surface area contributed by atoms with Gasteiger partial charge in [0.25, 0.3) is 0 Å². The van der Waals surface area contributed by atoms with Crippen molar-refractivity contribution in [2.45, 2.75) is 36.2 Å². The molecular weight excluding hydrogens is 442 g/mol. The van der Waals surface area contributed by atoms with Gasteiger partial charge in [-0.15, -0.1) is 12.4 Å². The van der Waals surface area contributed by atoms with E-state index in [0.717, 1.165) is 0 Å². The summed E-state index contributed by atoms with van der Waals surface area (Å²) in [5, 5.41) is 33.7. The molecule has 0 amide bonds. The zero-order valence-electron chi connectivity index (χ0n) is 18.2. The van der Waals surface area contributed by atoms with Gasteiger partial charge in [0.15, 0.2) is 17.1 Å². The summed E-state index contributed by atoms with van der Waals surface area (Å²) in [4.78, 5) is 0. The number of hydrogen-bond acceptors (Lipinski definition) is 6. The molecule has 3 aromatic rings. The van der Waals surface area contributed by atoms with Crippen LogP contribution in [-0.4, -0.2) is 39.7 Å². The number of ether oxygens (including phenoxy) is 2. The standard InChI is InChI=1S/C26H29NO5.ClH/c27-25(15-21(28)19-9-3-1-4-10-19,16-22(29)20-11-5-2-6-12-20)26(30)17-31-23-13-7-8-14-24(23)32-18-26;/h1-14,21-22,28-30H,15-18,27H2;1H. The second kappa shape index (κ2) is 10.5. The van der Waals surface area contributed by atoms with E-state index in [9.17, 15) is 15.3 Å². The summed E-state index contributed by atoms with van der Waals surface area (Å²) in [6.45, 7) is -0.271. The summed E-state index contributed by atoms with van der Waals surface area (Å²) in [7, 11) is 0. The number of rotatable bonds is 7. The van der Waals surface area contributed by atoms with E-state index in [4.69, 9.17) is 15.2 Å². The fourth-order valence-electron chi connectivity index (χ4n) is 4.15. The van der Waals surface area contributed by atoms with Crippen molar-refractivity contribution in [3.63, 3.8) is 0 Å². The van der Waals surface area contributed by atoms with Crippen molar-refractivity contribution in [1.82, 2.24) is 0 Å². The number of halogens is 1. The Morgan fingerprint density at radius 2 is 1.09 bits per heavy atom. The molecule has 176 valence electrons. The molecule has 2 unspecified atom stereocenters. The van der Waals surface area contributed by atoms with E-state index >= 15 is 0 Å². The van der Waals surface area contributed by atoms with Crippen molar-refractivity contribution in [3.05, 3.63) is 96.1 Å². The molecule has 7 heteroatoms. The van der Waals surface area contributed by atoms with Gasteiger partial charge >= 0.3 is 0 Å². The van der Waals surface area contributed by atoms with Gasteiger partial charge in [0.05, 0.1) is 17.7 Å². The number of hydrogen-bond donors (Lipinski definition) is 4. The lowest BCUT2D eigenvalue weighted by Gasteiger charge is -2.45. The quantitative estimate of drug-likeness (QED) is 0.420. The molecule has 6 nitrogen and oxygen atoms in total. The molecule has 1 aliphatic rings. The van der Waals surface area contributed by atoms with Crippen LogP contribution in [0.25, 0.3) is 0 Å². The van der Waals surface area contributed by atoms with E-state index in [2.05, 4.69) is 0 Å². The molecule has 1 aliphatic heterocycles. The highest BCUT2D eigenvalue weighted by Crippen LogP contribution is 2.41. The lowest BCUT2D eigenvalue weighted by atomic mass is 9.72. The molecule has 1 heterocycles. The zero-order valence-corrected chi connectivity index (χ0v) is 19.0. The normalized spacial score (nSPS) is 18.2. The summed E-state index contributed by atoms with van der Waals surface area (Å²) in [5.74, 6) is 1.02. The van der Waals surface area contributed by atoms with Crippen LogP contribution in [0.3, 0.4) is 0 Å². The minimum absolute atomic E-state index is 0. The highest BCUT2D eigenvalue weighted by atomic mass is 35.5. The Balaban J connectivity index is 0.00000306. The Hall–Kier alpha value is -2.61. The van der Waals surface area contributed by atoms with Gasteiger partial charge in [-0.2, -0.15) is 0 Å². The fourth-order valence-corrected chi connectivity index (χ4v) is 4.15. The third kappa shape index (κ3) is 5.49. The summed E-state index contributed by atoms with van der Waals surface area (Å²) >= 11 is 0. The average Bonchev–Trinajstić information content (AvgIpc) is 3.00. The van der Waals surface area contributed by atoms with Gasteiger partial charge < -0.3 is 30.5 Å². The first kappa shape index (κ1) is 25.0. The molecule has 0 spiro atoms. The van der Waals surface area contributed by atoms with Crippen molar-refractivity contribution < 1.29 is 24.8 Å². The zero-order chi connectivity index (χ0) is 22.6. The number of para-hydroxylation sites is 2. The Morgan fingerprint density at radius 3 is 1.48 bits per heavy atom. The predicted octanol–water partition coefficient (Wildman–Crippen LogP) is 3.56. The lowest BCUT2D eigenvalue weighted by Crippen LogP contribution is -2.66. The molecule has 3 aromatic carbocycles. The van der Waals surface area contributed by atoms with Crippen LogP contribution in [0.4, 0.5) is 0 Å². The van der Waals surface area contributed by atoms with Crippen LogP contribution in [0.1, 0.15) is 36.2 Å². The van der Waals surface area contributed by atoms with Crippen molar-refractivity contribution in [2.75, 3.05) is 13.2 Å². The topological polar surface area (TPSA) is 105 Å². The van der Waals surface area contributed by atoms with Crippen LogP contribution in [0.2, 0.25) is 0 Å². The van der Waals surface area contributed by atoms with Crippen molar-refractivity contribution >= 4 is 12.4 Å². The maximum absolute atomic E-state index is 11.7. The molecule has 0 saturated carbocycles. The number of nitrogens with two attached hydrogens (primary N) is 1.